The number of hydrogen-bond donors (Lipinski definition) is 1. The van der Waals surface area contributed by atoms with Crippen LogP contribution in [0, 0.1) is 5.41 Å². The summed E-state index contributed by atoms with van der Waals surface area (Å²) >= 11 is 0. The number of hydrogen-bond acceptors (Lipinski definition) is 2. The Hall–Kier alpha value is 1.07. The van der Waals surface area contributed by atoms with Gasteiger partial charge < -0.3 is 15.4 Å². The Bertz CT molecular complexity index is 170. The molecule has 0 radical (unpaired) electrons. The van der Waals surface area contributed by atoms with E-state index in [9.17, 15) is 4.79 Å². The molecule has 1 aliphatic heterocycles. The van der Waals surface area contributed by atoms with Gasteiger partial charge in [-0.15, -0.1) is 7.05 Å². The van der Waals surface area contributed by atoms with E-state index in [1.165, 1.54) is 0 Å². The Kier molecular flexibility index (Phi) is 5.52. The van der Waals surface area contributed by atoms with E-state index in [-0.39, 0.29) is 68.7 Å². The molecule has 1 saturated heterocycles. The third-order valence-electron chi connectivity index (χ3n) is 2.10. The molecule has 0 saturated carbocycles. The van der Waals surface area contributed by atoms with Crippen molar-refractivity contribution in [3.8, 4) is 0 Å². The van der Waals surface area contributed by atoms with Crippen LogP contribution in [0.25, 0.3) is 5.32 Å². The van der Waals surface area contributed by atoms with Crippen LogP contribution < -0.4 is 56.7 Å². The molecule has 1 N–H and O–H groups in total. The van der Waals surface area contributed by atoms with E-state index in [0.717, 1.165) is 13.0 Å². The zero-order chi connectivity index (χ0) is 8.48. The van der Waals surface area contributed by atoms with Gasteiger partial charge in [0.15, 0.2) is 0 Å². The van der Waals surface area contributed by atoms with Crippen LogP contribution in [0.4, 0.5) is 0 Å². The summed E-state index contributed by atoms with van der Waals surface area (Å²) in [5.41, 5.74) is 0.255. The molecule has 1 heterocycles. The molecular formula is C8H15KN2O. The number of likely N-dealkylation sites (N-methyl/N-ethyl adjacent to an activating group) is 1. The van der Waals surface area contributed by atoms with E-state index in [4.69, 9.17) is 0 Å². The summed E-state index contributed by atoms with van der Waals surface area (Å²) < 4.78 is 0. The molecule has 0 aromatic rings. The van der Waals surface area contributed by atoms with E-state index in [1.54, 1.807) is 7.05 Å². The smallest absolute Gasteiger partial charge is 0.655 e. The molecule has 1 unspecified atom stereocenters. The Morgan fingerprint density at radius 3 is 2.50 bits per heavy atom. The van der Waals surface area contributed by atoms with E-state index >= 15 is 0 Å². The molecule has 1 rings (SSSR count). The number of rotatable bonds is 1. The van der Waals surface area contributed by atoms with Crippen molar-refractivity contribution in [3.63, 3.8) is 0 Å². The predicted molar refractivity (Wildman–Crippen MR) is 44.5 cm³/mol. The fraction of sp³-hybridized carbons (Fsp3) is 0.875. The van der Waals surface area contributed by atoms with Gasteiger partial charge in [-0.3, -0.25) is 0 Å². The minimum atomic E-state index is -0.0324. The summed E-state index contributed by atoms with van der Waals surface area (Å²) in [6.45, 7) is 5.23. The number of carbonyl (C=O) groups is 1. The fourth-order valence-electron chi connectivity index (χ4n) is 1.43. The van der Waals surface area contributed by atoms with E-state index < -0.39 is 0 Å². The normalized spacial score (nSPS) is 26.1. The first-order chi connectivity index (χ1) is 5.05. The topological polar surface area (TPSA) is 43.2 Å². The average molecular weight is 194 g/mol. The van der Waals surface area contributed by atoms with Gasteiger partial charge in [0.2, 0.25) is 0 Å². The van der Waals surface area contributed by atoms with Gasteiger partial charge >= 0.3 is 51.4 Å². The molecule has 1 atom stereocenters. The maximum atomic E-state index is 11.1. The molecule has 0 aliphatic carbocycles. The summed E-state index contributed by atoms with van der Waals surface area (Å²) in [5, 5.41) is 6.79. The summed E-state index contributed by atoms with van der Waals surface area (Å²) in [6.07, 6.45) is 0.906. The molecule has 1 aliphatic rings. The Balaban J connectivity index is 0.00000121. The average Bonchev–Trinajstić information content (AvgIpc) is 2.29. The van der Waals surface area contributed by atoms with Crippen LogP contribution in [0.5, 0.6) is 0 Å². The second kappa shape index (κ2) is 5.07. The van der Waals surface area contributed by atoms with E-state index in [2.05, 4.69) is 24.5 Å². The van der Waals surface area contributed by atoms with Crippen LogP contribution in [0.3, 0.4) is 0 Å². The van der Waals surface area contributed by atoms with Crippen molar-refractivity contribution in [2.24, 2.45) is 5.41 Å². The van der Waals surface area contributed by atoms with Crippen LogP contribution in [-0.4, -0.2) is 25.5 Å². The molecule has 12 heavy (non-hydrogen) atoms. The Morgan fingerprint density at radius 2 is 2.17 bits per heavy atom. The third-order valence-corrected chi connectivity index (χ3v) is 2.10. The third kappa shape index (κ3) is 3.44. The van der Waals surface area contributed by atoms with Crippen LogP contribution >= 0.6 is 0 Å². The van der Waals surface area contributed by atoms with Crippen molar-refractivity contribution >= 4 is 5.91 Å². The second-order valence-corrected chi connectivity index (χ2v) is 3.86. The fourth-order valence-corrected chi connectivity index (χ4v) is 1.43. The molecule has 0 bridgehead atoms. The standard InChI is InChI=1S/C8H16N2O.K/c1-8(2)4-6(10-5-8)7(11)9-3;/h6,10H,4-5H2,1-3H3,(H,9,11);/q;+1/p-1. The number of nitrogens with zero attached hydrogens (tertiary/aromatic N) is 1. The molecule has 1 amide bonds. The van der Waals surface area contributed by atoms with Crippen molar-refractivity contribution in [3.05, 3.63) is 5.32 Å². The summed E-state index contributed by atoms with van der Waals surface area (Å²) in [5.74, 6) is -0.0180. The first-order valence-corrected chi connectivity index (χ1v) is 3.92. The number of nitrogens with one attached hydrogen (secondary N) is 1. The minimum absolute atomic E-state index is 0. The zero-order valence-corrected chi connectivity index (χ0v) is 11.5. The molecule has 0 aromatic heterocycles. The first kappa shape index (κ1) is 13.1. The van der Waals surface area contributed by atoms with Crippen LogP contribution in [-0.2, 0) is 4.79 Å². The van der Waals surface area contributed by atoms with Crippen molar-refractivity contribution < 1.29 is 56.2 Å². The number of carbonyl (C=O) groups excluding carboxylic acids is 1. The Labute approximate surface area is 116 Å². The van der Waals surface area contributed by atoms with Gasteiger partial charge in [0.05, 0.1) is 5.91 Å². The maximum absolute atomic E-state index is 11.1. The quantitative estimate of drug-likeness (QED) is 0.486. The summed E-state index contributed by atoms with van der Waals surface area (Å²) in [7, 11) is 1.55. The largest absolute Gasteiger partial charge is 1.00 e. The van der Waals surface area contributed by atoms with Gasteiger partial charge in [-0.2, -0.15) is 0 Å². The molecule has 0 spiro atoms. The van der Waals surface area contributed by atoms with Gasteiger partial charge in [0, 0.05) is 12.6 Å². The molecule has 0 aromatic carbocycles. The van der Waals surface area contributed by atoms with Gasteiger partial charge in [-0.05, 0) is 11.8 Å². The van der Waals surface area contributed by atoms with Gasteiger partial charge in [-0.25, -0.2) is 0 Å². The predicted octanol–water partition coefficient (Wildman–Crippen LogP) is -2.09. The zero-order valence-electron chi connectivity index (χ0n) is 8.35. The van der Waals surface area contributed by atoms with Crippen LogP contribution in [0.2, 0.25) is 0 Å². The summed E-state index contributed by atoms with van der Waals surface area (Å²) in [6, 6.07) is -0.0324. The molecule has 4 heteroatoms. The number of amides is 1. The molecular weight excluding hydrogens is 179 g/mol. The van der Waals surface area contributed by atoms with Crippen molar-refractivity contribution in [2.45, 2.75) is 26.3 Å². The van der Waals surface area contributed by atoms with E-state index in [1.807, 2.05) is 0 Å². The summed E-state index contributed by atoms with van der Waals surface area (Å²) in [4.78, 5) is 11.1. The van der Waals surface area contributed by atoms with Crippen LogP contribution in [0.15, 0.2) is 0 Å². The van der Waals surface area contributed by atoms with Crippen LogP contribution in [0.1, 0.15) is 20.3 Å². The Morgan fingerprint density at radius 1 is 1.58 bits per heavy atom. The molecule has 3 nitrogen and oxygen atoms in total. The van der Waals surface area contributed by atoms with Crippen molar-refractivity contribution in [2.75, 3.05) is 13.6 Å². The van der Waals surface area contributed by atoms with Crippen molar-refractivity contribution in [1.82, 2.24) is 5.32 Å². The van der Waals surface area contributed by atoms with E-state index in [0.29, 0.717) is 0 Å². The van der Waals surface area contributed by atoms with Gasteiger partial charge in [0.25, 0.3) is 0 Å². The maximum Gasteiger partial charge on any atom is 1.00 e. The van der Waals surface area contributed by atoms with Crippen molar-refractivity contribution in [1.29, 1.82) is 0 Å². The molecule has 1 fully saturated rings. The first-order valence-electron chi connectivity index (χ1n) is 3.92. The monoisotopic (exact) mass is 194 g/mol. The SMILES string of the molecule is C[N-]C(=O)C1CC(C)(C)CN1.[K+]. The van der Waals surface area contributed by atoms with Gasteiger partial charge in [0.1, 0.15) is 0 Å². The second-order valence-electron chi connectivity index (χ2n) is 3.86. The minimum Gasteiger partial charge on any atom is -0.655 e. The van der Waals surface area contributed by atoms with Gasteiger partial charge in [-0.1, -0.05) is 13.8 Å². The molecule has 64 valence electrons.